The molecule has 0 spiro atoms. The second kappa shape index (κ2) is 7.31. The van der Waals surface area contributed by atoms with Crippen molar-refractivity contribution in [1.82, 2.24) is 14.8 Å². The average Bonchev–Trinajstić information content (AvgIpc) is 2.90. The molecule has 0 amide bonds. The zero-order valence-electron chi connectivity index (χ0n) is 12.7. The molecule has 2 aromatic rings. The summed E-state index contributed by atoms with van der Waals surface area (Å²) in [5.74, 6) is 1.62. The van der Waals surface area contributed by atoms with Crippen molar-refractivity contribution in [3.63, 3.8) is 0 Å². The number of para-hydroxylation sites is 1. The van der Waals surface area contributed by atoms with Gasteiger partial charge in [-0.25, -0.2) is 0 Å². The molecule has 0 aliphatic carbocycles. The molecule has 0 aliphatic heterocycles. The standard InChI is InChI=1S/C16H21N3OS/c1-5-11-19-15(13-9-7-8-10-14(13)20-4)17-18-16(19)21-12(3)6-2/h5,7-10,12H,1,6,11H2,2-4H3. The molecule has 0 aliphatic rings. The minimum atomic E-state index is 0.503. The summed E-state index contributed by atoms with van der Waals surface area (Å²) in [6.45, 7) is 8.88. The molecule has 1 aromatic heterocycles. The van der Waals surface area contributed by atoms with Gasteiger partial charge in [-0.2, -0.15) is 0 Å². The highest BCUT2D eigenvalue weighted by Gasteiger charge is 2.17. The first-order valence-electron chi connectivity index (χ1n) is 7.05. The summed E-state index contributed by atoms with van der Waals surface area (Å²) in [6, 6.07) is 7.86. The molecule has 4 nitrogen and oxygen atoms in total. The quantitative estimate of drug-likeness (QED) is 0.572. The molecule has 0 radical (unpaired) electrons. The molecule has 1 aromatic carbocycles. The fourth-order valence-electron chi connectivity index (χ4n) is 1.96. The fourth-order valence-corrected chi connectivity index (χ4v) is 2.86. The van der Waals surface area contributed by atoms with E-state index < -0.39 is 0 Å². The first-order valence-corrected chi connectivity index (χ1v) is 7.93. The number of rotatable bonds is 7. The highest BCUT2D eigenvalue weighted by atomic mass is 32.2. The lowest BCUT2D eigenvalue weighted by atomic mass is 10.2. The Hall–Kier alpha value is -1.75. The highest BCUT2D eigenvalue weighted by molar-refractivity contribution is 7.99. The molecule has 1 unspecified atom stereocenters. The van der Waals surface area contributed by atoms with Gasteiger partial charge in [-0.3, -0.25) is 4.57 Å². The molecule has 0 N–H and O–H groups in total. The van der Waals surface area contributed by atoms with Crippen LogP contribution in [0.25, 0.3) is 11.4 Å². The molecule has 1 atom stereocenters. The van der Waals surface area contributed by atoms with Gasteiger partial charge in [0, 0.05) is 11.8 Å². The summed E-state index contributed by atoms with van der Waals surface area (Å²) < 4.78 is 7.52. The molecule has 0 saturated carbocycles. The van der Waals surface area contributed by atoms with Crippen LogP contribution in [-0.4, -0.2) is 27.1 Å². The van der Waals surface area contributed by atoms with Crippen molar-refractivity contribution in [2.45, 2.75) is 37.2 Å². The van der Waals surface area contributed by atoms with Crippen molar-refractivity contribution < 1.29 is 4.74 Å². The van der Waals surface area contributed by atoms with E-state index in [4.69, 9.17) is 4.74 Å². The minimum absolute atomic E-state index is 0.503. The maximum absolute atomic E-state index is 5.43. The van der Waals surface area contributed by atoms with Crippen LogP contribution in [-0.2, 0) is 6.54 Å². The van der Waals surface area contributed by atoms with Crippen LogP contribution in [0.5, 0.6) is 5.75 Å². The number of ether oxygens (including phenoxy) is 1. The maximum Gasteiger partial charge on any atom is 0.192 e. The largest absolute Gasteiger partial charge is 0.496 e. The number of allylic oxidation sites excluding steroid dienone is 1. The van der Waals surface area contributed by atoms with Crippen molar-refractivity contribution in [2.24, 2.45) is 0 Å². The molecule has 112 valence electrons. The summed E-state index contributed by atoms with van der Waals surface area (Å²) >= 11 is 1.74. The first kappa shape index (κ1) is 15.6. The van der Waals surface area contributed by atoms with E-state index in [2.05, 4.69) is 35.2 Å². The molecule has 0 fully saturated rings. The van der Waals surface area contributed by atoms with E-state index in [0.29, 0.717) is 11.8 Å². The van der Waals surface area contributed by atoms with E-state index in [0.717, 1.165) is 28.7 Å². The van der Waals surface area contributed by atoms with Crippen molar-refractivity contribution in [1.29, 1.82) is 0 Å². The Balaban J connectivity index is 2.46. The fraction of sp³-hybridized carbons (Fsp3) is 0.375. The van der Waals surface area contributed by atoms with E-state index in [1.807, 2.05) is 30.3 Å². The van der Waals surface area contributed by atoms with Crippen LogP contribution >= 0.6 is 11.8 Å². The van der Waals surface area contributed by atoms with Gasteiger partial charge in [0.1, 0.15) is 5.75 Å². The predicted molar refractivity (Wildman–Crippen MR) is 87.8 cm³/mol. The highest BCUT2D eigenvalue weighted by Crippen LogP contribution is 2.32. The van der Waals surface area contributed by atoms with Crippen LogP contribution in [0.1, 0.15) is 20.3 Å². The molecule has 0 saturated heterocycles. The summed E-state index contributed by atoms with van der Waals surface area (Å²) in [4.78, 5) is 0. The van der Waals surface area contributed by atoms with Crippen LogP contribution in [0.2, 0.25) is 0 Å². The number of benzene rings is 1. The van der Waals surface area contributed by atoms with Gasteiger partial charge >= 0.3 is 0 Å². The second-order valence-electron chi connectivity index (χ2n) is 4.74. The van der Waals surface area contributed by atoms with Crippen molar-refractivity contribution in [3.8, 4) is 17.1 Å². The number of hydrogen-bond donors (Lipinski definition) is 0. The lowest BCUT2D eigenvalue weighted by Crippen LogP contribution is -2.03. The molecular formula is C16H21N3OS. The number of methoxy groups -OCH3 is 1. The zero-order chi connectivity index (χ0) is 15.2. The van der Waals surface area contributed by atoms with Crippen molar-refractivity contribution in [2.75, 3.05) is 7.11 Å². The second-order valence-corrected chi connectivity index (χ2v) is 6.15. The smallest absolute Gasteiger partial charge is 0.192 e. The number of nitrogens with zero attached hydrogens (tertiary/aromatic N) is 3. The number of hydrogen-bond acceptors (Lipinski definition) is 4. The van der Waals surface area contributed by atoms with Gasteiger partial charge < -0.3 is 4.74 Å². The third kappa shape index (κ3) is 3.47. The summed E-state index contributed by atoms with van der Waals surface area (Å²) in [7, 11) is 1.67. The lowest BCUT2D eigenvalue weighted by Gasteiger charge is -2.12. The Morgan fingerprint density at radius 2 is 2.14 bits per heavy atom. The van der Waals surface area contributed by atoms with Gasteiger partial charge in [-0.1, -0.05) is 43.8 Å². The van der Waals surface area contributed by atoms with Gasteiger partial charge in [-0.15, -0.1) is 16.8 Å². The Kier molecular flexibility index (Phi) is 5.44. The summed E-state index contributed by atoms with van der Waals surface area (Å²) in [5.41, 5.74) is 0.949. The number of aromatic nitrogens is 3. The number of thioether (sulfide) groups is 1. The van der Waals surface area contributed by atoms with Gasteiger partial charge in [0.05, 0.1) is 12.7 Å². The van der Waals surface area contributed by atoms with E-state index in [-0.39, 0.29) is 0 Å². The molecule has 2 rings (SSSR count). The van der Waals surface area contributed by atoms with Crippen LogP contribution in [0.3, 0.4) is 0 Å². The van der Waals surface area contributed by atoms with E-state index in [9.17, 15) is 0 Å². The van der Waals surface area contributed by atoms with E-state index >= 15 is 0 Å². The third-order valence-corrected chi connectivity index (χ3v) is 4.51. The Bertz CT molecular complexity index is 609. The Morgan fingerprint density at radius 1 is 1.38 bits per heavy atom. The molecule has 0 bridgehead atoms. The lowest BCUT2D eigenvalue weighted by molar-refractivity contribution is 0.416. The maximum atomic E-state index is 5.43. The van der Waals surface area contributed by atoms with Crippen LogP contribution in [0, 0.1) is 0 Å². The summed E-state index contributed by atoms with van der Waals surface area (Å²) in [5, 5.41) is 10.1. The Morgan fingerprint density at radius 3 is 2.81 bits per heavy atom. The molecule has 21 heavy (non-hydrogen) atoms. The molecule has 5 heteroatoms. The normalized spacial score (nSPS) is 12.1. The van der Waals surface area contributed by atoms with Gasteiger partial charge in [-0.05, 0) is 18.6 Å². The van der Waals surface area contributed by atoms with Crippen LogP contribution < -0.4 is 4.74 Å². The van der Waals surface area contributed by atoms with Crippen LogP contribution in [0.4, 0.5) is 0 Å². The van der Waals surface area contributed by atoms with Crippen molar-refractivity contribution in [3.05, 3.63) is 36.9 Å². The monoisotopic (exact) mass is 303 g/mol. The predicted octanol–water partition coefficient (Wildman–Crippen LogP) is 4.03. The minimum Gasteiger partial charge on any atom is -0.496 e. The topological polar surface area (TPSA) is 39.9 Å². The summed E-state index contributed by atoms with van der Waals surface area (Å²) in [6.07, 6.45) is 2.96. The Labute approximate surface area is 130 Å². The van der Waals surface area contributed by atoms with Crippen LogP contribution in [0.15, 0.2) is 42.1 Å². The third-order valence-electron chi connectivity index (χ3n) is 3.26. The van der Waals surface area contributed by atoms with E-state index in [1.54, 1.807) is 18.9 Å². The van der Waals surface area contributed by atoms with Gasteiger partial charge in [0.25, 0.3) is 0 Å². The first-order chi connectivity index (χ1) is 10.2. The zero-order valence-corrected chi connectivity index (χ0v) is 13.6. The molecular weight excluding hydrogens is 282 g/mol. The SMILES string of the molecule is C=CCn1c(SC(C)CC)nnc1-c1ccccc1OC. The van der Waals surface area contributed by atoms with E-state index in [1.165, 1.54) is 0 Å². The van der Waals surface area contributed by atoms with Gasteiger partial charge in [0.15, 0.2) is 11.0 Å². The van der Waals surface area contributed by atoms with Gasteiger partial charge in [0.2, 0.25) is 0 Å². The van der Waals surface area contributed by atoms with Crippen molar-refractivity contribution >= 4 is 11.8 Å². The average molecular weight is 303 g/mol. The molecule has 1 heterocycles.